The highest BCUT2D eigenvalue weighted by atomic mass is 32.1. The molecule has 0 aliphatic heterocycles. The summed E-state index contributed by atoms with van der Waals surface area (Å²) in [5.74, 6) is 0.319. The van der Waals surface area contributed by atoms with Gasteiger partial charge >= 0.3 is 0 Å². The average molecular weight is 224 g/mol. The summed E-state index contributed by atoms with van der Waals surface area (Å²) < 4.78 is 18.0. The molecule has 1 aromatic heterocycles. The molecule has 0 spiro atoms. The van der Waals surface area contributed by atoms with E-state index in [0.29, 0.717) is 23.1 Å². The second-order valence-corrected chi connectivity index (χ2v) is 3.79. The lowest BCUT2D eigenvalue weighted by atomic mass is 10.3. The molecule has 1 aromatic carbocycles. The summed E-state index contributed by atoms with van der Waals surface area (Å²) in [7, 11) is 0. The van der Waals surface area contributed by atoms with Crippen LogP contribution in [0.2, 0.25) is 0 Å². The third kappa shape index (κ3) is 2.44. The zero-order valence-electron chi connectivity index (χ0n) is 7.81. The van der Waals surface area contributed by atoms with Gasteiger partial charge in [-0.3, -0.25) is 0 Å². The van der Waals surface area contributed by atoms with Crippen LogP contribution in [0.5, 0.6) is 5.75 Å². The first-order valence-electron chi connectivity index (χ1n) is 4.32. The molecule has 0 unspecified atom stereocenters. The third-order valence-electron chi connectivity index (χ3n) is 1.86. The smallest absolute Gasteiger partial charge is 0.133 e. The van der Waals surface area contributed by atoms with Crippen molar-refractivity contribution in [3.8, 4) is 5.75 Å². The Morgan fingerprint density at radius 2 is 2.07 bits per heavy atom. The van der Waals surface area contributed by atoms with Crippen molar-refractivity contribution < 1.29 is 9.13 Å². The largest absolute Gasteiger partial charge is 0.487 e. The number of rotatable bonds is 3. The second-order valence-electron chi connectivity index (χ2n) is 2.91. The highest BCUT2D eigenvalue weighted by molar-refractivity contribution is 7.13. The van der Waals surface area contributed by atoms with Crippen LogP contribution in [0, 0.1) is 5.82 Å². The maximum absolute atomic E-state index is 12.6. The second kappa shape index (κ2) is 4.27. The number of nitrogens with zero attached hydrogens (tertiary/aromatic N) is 1. The molecule has 2 aromatic rings. The molecule has 0 fully saturated rings. The number of halogens is 1. The van der Waals surface area contributed by atoms with Gasteiger partial charge in [-0.15, -0.1) is 11.3 Å². The minimum absolute atomic E-state index is 0.282. The normalized spacial score (nSPS) is 10.2. The summed E-state index contributed by atoms with van der Waals surface area (Å²) in [5.41, 5.74) is 8.02. The summed E-state index contributed by atoms with van der Waals surface area (Å²) >= 11 is 1.37. The van der Waals surface area contributed by atoms with Gasteiger partial charge in [0.25, 0.3) is 0 Å². The molecular weight excluding hydrogens is 215 g/mol. The molecule has 2 N–H and O–H groups in total. The number of aromatic nitrogens is 1. The van der Waals surface area contributed by atoms with Crippen LogP contribution >= 0.6 is 11.3 Å². The Bertz CT molecular complexity index is 441. The lowest BCUT2D eigenvalue weighted by Crippen LogP contribution is -1.98. The standard InChI is InChI=1S/C10H9FN2OS/c11-7-1-3-8(4-2-7)14-5-9-10(12)15-6-13-9/h1-4,6H,5,12H2. The van der Waals surface area contributed by atoms with Crippen LogP contribution in [-0.4, -0.2) is 4.98 Å². The molecule has 0 aliphatic rings. The molecule has 0 amide bonds. The number of hydrogen-bond donors (Lipinski definition) is 1. The van der Waals surface area contributed by atoms with Gasteiger partial charge in [0.05, 0.1) is 5.51 Å². The number of nitrogens with two attached hydrogens (primary N) is 1. The fourth-order valence-electron chi connectivity index (χ4n) is 1.07. The van der Waals surface area contributed by atoms with Crippen molar-refractivity contribution in [1.29, 1.82) is 0 Å². The van der Waals surface area contributed by atoms with Crippen LogP contribution in [-0.2, 0) is 6.61 Å². The SMILES string of the molecule is Nc1scnc1COc1ccc(F)cc1. The molecule has 0 radical (unpaired) electrons. The molecule has 0 bridgehead atoms. The first-order valence-corrected chi connectivity index (χ1v) is 5.20. The van der Waals surface area contributed by atoms with E-state index in [0.717, 1.165) is 0 Å². The van der Waals surface area contributed by atoms with E-state index in [1.54, 1.807) is 17.6 Å². The van der Waals surface area contributed by atoms with Crippen LogP contribution in [0.25, 0.3) is 0 Å². The van der Waals surface area contributed by atoms with Crippen LogP contribution in [0.3, 0.4) is 0 Å². The number of benzene rings is 1. The van der Waals surface area contributed by atoms with E-state index in [1.165, 1.54) is 23.5 Å². The Hall–Kier alpha value is -1.62. The van der Waals surface area contributed by atoms with Gasteiger partial charge in [-0.1, -0.05) is 0 Å². The van der Waals surface area contributed by atoms with Crippen LogP contribution in [0.4, 0.5) is 9.39 Å². The van der Waals surface area contributed by atoms with Crippen molar-refractivity contribution >= 4 is 16.3 Å². The Morgan fingerprint density at radius 1 is 1.33 bits per heavy atom. The molecule has 5 heteroatoms. The van der Waals surface area contributed by atoms with E-state index in [4.69, 9.17) is 10.5 Å². The fraction of sp³-hybridized carbons (Fsp3) is 0.100. The average Bonchev–Trinajstić information content (AvgIpc) is 2.63. The van der Waals surface area contributed by atoms with E-state index >= 15 is 0 Å². The Labute approximate surface area is 90.3 Å². The van der Waals surface area contributed by atoms with Crippen LogP contribution in [0.15, 0.2) is 29.8 Å². The molecule has 78 valence electrons. The quantitative estimate of drug-likeness (QED) is 0.871. The van der Waals surface area contributed by atoms with E-state index in [9.17, 15) is 4.39 Å². The Balaban J connectivity index is 1.99. The van der Waals surface area contributed by atoms with E-state index < -0.39 is 0 Å². The summed E-state index contributed by atoms with van der Waals surface area (Å²) in [6.45, 7) is 0.307. The molecule has 2 rings (SSSR count). The number of hydrogen-bond acceptors (Lipinski definition) is 4. The monoisotopic (exact) mass is 224 g/mol. The zero-order chi connectivity index (χ0) is 10.7. The third-order valence-corrected chi connectivity index (χ3v) is 2.56. The minimum atomic E-state index is -0.282. The number of ether oxygens (including phenoxy) is 1. The topological polar surface area (TPSA) is 48.1 Å². The highest BCUT2D eigenvalue weighted by Crippen LogP contribution is 2.18. The molecule has 0 atom stereocenters. The number of anilines is 1. The van der Waals surface area contributed by atoms with Crippen molar-refractivity contribution in [3.05, 3.63) is 41.3 Å². The molecule has 15 heavy (non-hydrogen) atoms. The van der Waals surface area contributed by atoms with E-state index in [-0.39, 0.29) is 5.82 Å². The van der Waals surface area contributed by atoms with Gasteiger partial charge in [-0.2, -0.15) is 0 Å². The lowest BCUT2D eigenvalue weighted by Gasteiger charge is -2.04. The highest BCUT2D eigenvalue weighted by Gasteiger charge is 2.03. The van der Waals surface area contributed by atoms with E-state index in [1.807, 2.05) is 0 Å². The van der Waals surface area contributed by atoms with Crippen molar-refractivity contribution in [2.24, 2.45) is 0 Å². The van der Waals surface area contributed by atoms with Crippen LogP contribution in [0.1, 0.15) is 5.69 Å². The predicted octanol–water partition coefficient (Wildman–Crippen LogP) is 2.44. The number of nitrogen functional groups attached to an aromatic ring is 1. The van der Waals surface area contributed by atoms with Crippen LogP contribution < -0.4 is 10.5 Å². The van der Waals surface area contributed by atoms with Gasteiger partial charge in [-0.05, 0) is 24.3 Å². The fourth-order valence-corrected chi connectivity index (χ4v) is 1.61. The van der Waals surface area contributed by atoms with Gasteiger partial charge in [0.2, 0.25) is 0 Å². The summed E-state index contributed by atoms with van der Waals surface area (Å²) in [4.78, 5) is 4.04. The van der Waals surface area contributed by atoms with Gasteiger partial charge in [0, 0.05) is 0 Å². The van der Waals surface area contributed by atoms with Crippen molar-refractivity contribution in [1.82, 2.24) is 4.98 Å². The molecule has 1 heterocycles. The summed E-state index contributed by atoms with van der Waals surface area (Å²) in [6.07, 6.45) is 0. The minimum Gasteiger partial charge on any atom is -0.487 e. The molecule has 0 saturated carbocycles. The first kappa shape index (κ1) is 9.92. The Morgan fingerprint density at radius 3 is 2.67 bits per heavy atom. The molecule has 0 saturated heterocycles. The molecule has 0 aliphatic carbocycles. The predicted molar refractivity (Wildman–Crippen MR) is 57.3 cm³/mol. The van der Waals surface area contributed by atoms with Crippen molar-refractivity contribution in [2.75, 3.05) is 5.73 Å². The van der Waals surface area contributed by atoms with Gasteiger partial charge in [0.1, 0.15) is 28.9 Å². The maximum atomic E-state index is 12.6. The number of thiazole rings is 1. The first-order chi connectivity index (χ1) is 7.25. The van der Waals surface area contributed by atoms with Crippen molar-refractivity contribution in [3.63, 3.8) is 0 Å². The van der Waals surface area contributed by atoms with Gasteiger partial charge in [-0.25, -0.2) is 9.37 Å². The summed E-state index contributed by atoms with van der Waals surface area (Å²) in [5, 5.41) is 0.650. The zero-order valence-corrected chi connectivity index (χ0v) is 8.63. The molecule has 3 nitrogen and oxygen atoms in total. The lowest BCUT2D eigenvalue weighted by molar-refractivity contribution is 0.302. The van der Waals surface area contributed by atoms with Crippen molar-refractivity contribution in [2.45, 2.75) is 6.61 Å². The molecular formula is C10H9FN2OS. The van der Waals surface area contributed by atoms with Gasteiger partial charge in [0.15, 0.2) is 0 Å². The Kier molecular flexibility index (Phi) is 2.82. The van der Waals surface area contributed by atoms with Gasteiger partial charge < -0.3 is 10.5 Å². The van der Waals surface area contributed by atoms with E-state index in [2.05, 4.69) is 4.98 Å². The summed E-state index contributed by atoms with van der Waals surface area (Å²) in [6, 6.07) is 5.83. The maximum Gasteiger partial charge on any atom is 0.133 e.